The van der Waals surface area contributed by atoms with Crippen LogP contribution in [0.1, 0.15) is 0 Å². The third-order valence-electron chi connectivity index (χ3n) is 1.80. The van der Waals surface area contributed by atoms with Crippen LogP contribution in [0.25, 0.3) is 0 Å². The Morgan fingerprint density at radius 1 is 1.17 bits per heavy atom. The van der Waals surface area contributed by atoms with E-state index in [1.165, 1.54) is 6.08 Å². The second kappa shape index (κ2) is 8.28. The minimum absolute atomic E-state index is 0.140. The summed E-state index contributed by atoms with van der Waals surface area (Å²) < 4.78 is 10.9. The van der Waals surface area contributed by atoms with E-state index in [9.17, 15) is 0 Å². The zero-order valence-corrected chi connectivity index (χ0v) is 13.0. The highest BCUT2D eigenvalue weighted by atomic mass is 35.5. The zero-order chi connectivity index (χ0) is 13.5. The Morgan fingerprint density at radius 3 is 2.28 bits per heavy atom. The van der Waals surface area contributed by atoms with Crippen LogP contribution in [0.5, 0.6) is 11.5 Å². The average molecular weight is 348 g/mol. The SMILES string of the molecule is SCCOc1c(Cl)cc(OCC=C(Cl)Cl)cc1Cl. The van der Waals surface area contributed by atoms with Gasteiger partial charge in [0.1, 0.15) is 16.8 Å². The minimum Gasteiger partial charge on any atom is -0.490 e. The lowest BCUT2D eigenvalue weighted by Gasteiger charge is -2.11. The summed E-state index contributed by atoms with van der Waals surface area (Å²) in [6, 6.07) is 3.22. The fourth-order valence-corrected chi connectivity index (χ4v) is 1.90. The predicted octanol–water partition coefficient (Wildman–Crippen LogP) is 5.00. The predicted molar refractivity (Wildman–Crippen MR) is 81.1 cm³/mol. The second-order valence-corrected chi connectivity index (χ2v) is 5.36. The van der Waals surface area contributed by atoms with Crippen LogP contribution in [-0.2, 0) is 0 Å². The Hall–Kier alpha value is 0.0700. The van der Waals surface area contributed by atoms with E-state index in [2.05, 4.69) is 12.6 Å². The Balaban J connectivity index is 2.76. The van der Waals surface area contributed by atoms with Crippen LogP contribution in [0.2, 0.25) is 10.0 Å². The van der Waals surface area contributed by atoms with E-state index in [1.54, 1.807) is 12.1 Å². The third kappa shape index (κ3) is 5.37. The molecule has 0 N–H and O–H groups in total. The molecule has 1 aromatic rings. The largest absolute Gasteiger partial charge is 0.490 e. The van der Waals surface area contributed by atoms with Crippen molar-refractivity contribution < 1.29 is 9.47 Å². The summed E-state index contributed by atoms with van der Waals surface area (Å²) in [5.74, 6) is 1.50. The van der Waals surface area contributed by atoms with Crippen molar-refractivity contribution in [1.82, 2.24) is 0 Å². The molecule has 0 bridgehead atoms. The lowest BCUT2D eigenvalue weighted by atomic mass is 10.3. The molecule has 0 radical (unpaired) electrons. The molecule has 0 aromatic heterocycles. The Bertz CT molecular complexity index is 410. The summed E-state index contributed by atoms with van der Waals surface area (Å²) in [4.78, 5) is 0. The molecule has 18 heavy (non-hydrogen) atoms. The lowest BCUT2D eigenvalue weighted by molar-refractivity contribution is 0.340. The average Bonchev–Trinajstić information content (AvgIpc) is 2.27. The van der Waals surface area contributed by atoms with Gasteiger partial charge in [-0.05, 0) is 6.08 Å². The third-order valence-corrected chi connectivity index (χ3v) is 2.85. The molecule has 1 rings (SSSR count). The molecule has 1 aromatic carbocycles. The number of hydrogen-bond donors (Lipinski definition) is 1. The van der Waals surface area contributed by atoms with Crippen molar-refractivity contribution in [2.75, 3.05) is 19.0 Å². The summed E-state index contributed by atoms with van der Waals surface area (Å²) in [7, 11) is 0. The first kappa shape index (κ1) is 16.1. The van der Waals surface area contributed by atoms with Crippen molar-refractivity contribution in [3.05, 3.63) is 32.7 Å². The van der Waals surface area contributed by atoms with Crippen LogP contribution in [-0.4, -0.2) is 19.0 Å². The highest BCUT2D eigenvalue weighted by Crippen LogP contribution is 2.36. The van der Waals surface area contributed by atoms with Crippen molar-refractivity contribution in [3.63, 3.8) is 0 Å². The van der Waals surface area contributed by atoms with Gasteiger partial charge in [-0.3, -0.25) is 0 Å². The molecule has 0 amide bonds. The Labute approximate surface area is 131 Å². The van der Waals surface area contributed by atoms with E-state index in [1.807, 2.05) is 0 Å². The number of rotatable bonds is 6. The molecule has 100 valence electrons. The quantitative estimate of drug-likeness (QED) is 0.730. The van der Waals surface area contributed by atoms with Crippen LogP contribution in [0.15, 0.2) is 22.7 Å². The van der Waals surface area contributed by atoms with E-state index < -0.39 is 0 Å². The molecule has 0 spiro atoms. The number of ether oxygens (including phenoxy) is 2. The van der Waals surface area contributed by atoms with Gasteiger partial charge in [0, 0.05) is 17.9 Å². The maximum Gasteiger partial charge on any atom is 0.156 e. The summed E-state index contributed by atoms with van der Waals surface area (Å²) in [5.41, 5.74) is 0. The molecule has 0 aliphatic rings. The van der Waals surface area contributed by atoms with Crippen molar-refractivity contribution in [2.24, 2.45) is 0 Å². The van der Waals surface area contributed by atoms with Crippen molar-refractivity contribution in [2.45, 2.75) is 0 Å². The molecule has 0 saturated heterocycles. The maximum atomic E-state index is 6.03. The topological polar surface area (TPSA) is 18.5 Å². The van der Waals surface area contributed by atoms with Crippen LogP contribution in [0.4, 0.5) is 0 Å². The van der Waals surface area contributed by atoms with Gasteiger partial charge in [0.15, 0.2) is 5.75 Å². The Kier molecular flexibility index (Phi) is 7.42. The van der Waals surface area contributed by atoms with Gasteiger partial charge in [-0.25, -0.2) is 0 Å². The molecule has 0 saturated carbocycles. The van der Waals surface area contributed by atoms with E-state index in [0.29, 0.717) is 33.9 Å². The van der Waals surface area contributed by atoms with E-state index in [-0.39, 0.29) is 11.1 Å². The molecule has 0 heterocycles. The normalized spacial score (nSPS) is 10.1. The number of benzene rings is 1. The lowest BCUT2D eigenvalue weighted by Crippen LogP contribution is -2.00. The van der Waals surface area contributed by atoms with Gasteiger partial charge in [0.2, 0.25) is 0 Å². The summed E-state index contributed by atoms with van der Waals surface area (Å²) >= 11 is 27.0. The van der Waals surface area contributed by atoms with Gasteiger partial charge in [-0.15, -0.1) is 0 Å². The van der Waals surface area contributed by atoms with Gasteiger partial charge in [-0.2, -0.15) is 12.6 Å². The van der Waals surface area contributed by atoms with E-state index >= 15 is 0 Å². The van der Waals surface area contributed by atoms with Crippen LogP contribution in [0, 0.1) is 0 Å². The molecular formula is C11H10Cl4O2S. The summed E-state index contributed by atoms with van der Waals surface area (Å²) in [6.45, 7) is 0.652. The zero-order valence-electron chi connectivity index (χ0n) is 9.13. The monoisotopic (exact) mass is 346 g/mol. The maximum absolute atomic E-state index is 6.03. The Morgan fingerprint density at radius 2 is 1.78 bits per heavy atom. The standard InChI is InChI=1S/C11H10Cl4O2S/c12-8-5-7(16-2-1-10(14)15)6-9(13)11(8)17-3-4-18/h1,5-6,18H,2-4H2. The first-order chi connectivity index (χ1) is 8.54. The smallest absolute Gasteiger partial charge is 0.156 e. The highest BCUT2D eigenvalue weighted by molar-refractivity contribution is 7.80. The molecule has 0 atom stereocenters. The number of thiol groups is 1. The molecule has 7 heteroatoms. The van der Waals surface area contributed by atoms with Crippen molar-refractivity contribution in [3.8, 4) is 11.5 Å². The van der Waals surface area contributed by atoms with E-state index in [4.69, 9.17) is 55.9 Å². The van der Waals surface area contributed by atoms with E-state index in [0.717, 1.165) is 0 Å². The molecular weight excluding hydrogens is 338 g/mol. The van der Waals surface area contributed by atoms with Gasteiger partial charge >= 0.3 is 0 Å². The molecule has 0 aliphatic carbocycles. The first-order valence-corrected chi connectivity index (χ1v) is 7.05. The van der Waals surface area contributed by atoms with Gasteiger partial charge < -0.3 is 9.47 Å². The molecule has 0 aliphatic heterocycles. The molecule has 0 fully saturated rings. The van der Waals surface area contributed by atoms with Gasteiger partial charge in [0.25, 0.3) is 0 Å². The van der Waals surface area contributed by atoms with Crippen molar-refractivity contribution in [1.29, 1.82) is 0 Å². The molecule has 2 nitrogen and oxygen atoms in total. The van der Waals surface area contributed by atoms with Gasteiger partial charge in [0.05, 0.1) is 16.7 Å². The van der Waals surface area contributed by atoms with Crippen LogP contribution in [0.3, 0.4) is 0 Å². The fourth-order valence-electron chi connectivity index (χ4n) is 1.11. The number of halogens is 4. The summed E-state index contributed by atoms with van der Waals surface area (Å²) in [6.07, 6.45) is 1.51. The van der Waals surface area contributed by atoms with Crippen molar-refractivity contribution >= 4 is 59.0 Å². The minimum atomic E-state index is 0.140. The van der Waals surface area contributed by atoms with Crippen LogP contribution < -0.4 is 9.47 Å². The summed E-state index contributed by atoms with van der Waals surface area (Å²) in [5, 5.41) is 0.750. The molecule has 0 unspecified atom stereocenters. The fraction of sp³-hybridized carbons (Fsp3) is 0.273. The van der Waals surface area contributed by atoms with Crippen LogP contribution >= 0.6 is 59.0 Å². The first-order valence-electron chi connectivity index (χ1n) is 4.91. The number of hydrogen-bond acceptors (Lipinski definition) is 3. The highest BCUT2D eigenvalue weighted by Gasteiger charge is 2.10. The van der Waals surface area contributed by atoms with Gasteiger partial charge in [-0.1, -0.05) is 46.4 Å². The second-order valence-electron chi connectivity index (χ2n) is 3.09.